The predicted octanol–water partition coefficient (Wildman–Crippen LogP) is 4.11. The number of hydrogen-bond acceptors (Lipinski definition) is 5. The van der Waals surface area contributed by atoms with Crippen LogP contribution in [0.2, 0.25) is 0 Å². The van der Waals surface area contributed by atoms with E-state index in [1.165, 1.54) is 11.6 Å². The number of fused-ring (bicyclic) bond motifs is 1. The maximum Gasteiger partial charge on any atom is 0.423 e. The minimum atomic E-state index is -4.88. The van der Waals surface area contributed by atoms with E-state index in [1.807, 2.05) is 37.3 Å². The molecule has 3 N–H and O–H groups in total. The third-order valence-electron chi connectivity index (χ3n) is 5.74. The number of carbonyl (C=O) groups excluding carboxylic acids is 1. The van der Waals surface area contributed by atoms with Crippen LogP contribution < -0.4 is 5.73 Å². The van der Waals surface area contributed by atoms with Crippen molar-refractivity contribution in [1.29, 1.82) is 0 Å². The number of carbonyl (C=O) groups is 1. The molecule has 10 heteroatoms. The molecule has 0 aliphatic carbocycles. The van der Waals surface area contributed by atoms with Crippen molar-refractivity contribution in [2.24, 2.45) is 5.73 Å². The second-order valence-corrected chi connectivity index (χ2v) is 8.15. The lowest BCUT2D eigenvalue weighted by Gasteiger charge is -2.26. The maximum atomic E-state index is 13.3. The van der Waals surface area contributed by atoms with Crippen LogP contribution in [0.3, 0.4) is 0 Å². The molecule has 0 aliphatic rings. The van der Waals surface area contributed by atoms with Gasteiger partial charge in [0.15, 0.2) is 0 Å². The number of halogens is 3. The van der Waals surface area contributed by atoms with Gasteiger partial charge < -0.3 is 10.8 Å². The Hall–Kier alpha value is -3.79. The quantitative estimate of drug-likeness (QED) is 0.442. The van der Waals surface area contributed by atoms with Gasteiger partial charge in [0.2, 0.25) is 5.60 Å². The van der Waals surface area contributed by atoms with Gasteiger partial charge >= 0.3 is 6.18 Å². The number of benzene rings is 2. The molecule has 0 bridgehead atoms. The molecule has 0 aliphatic heterocycles. The first-order chi connectivity index (χ1) is 16.0. The molecule has 2 heterocycles. The van der Waals surface area contributed by atoms with Crippen molar-refractivity contribution in [3.63, 3.8) is 0 Å². The van der Waals surface area contributed by atoms with E-state index >= 15 is 0 Å². The molecule has 176 valence electrons. The first kappa shape index (κ1) is 23.4. The second kappa shape index (κ2) is 8.53. The van der Waals surface area contributed by atoms with Crippen molar-refractivity contribution >= 4 is 16.8 Å². The number of alkyl halides is 3. The van der Waals surface area contributed by atoms with E-state index in [4.69, 9.17) is 5.73 Å². The lowest BCUT2D eigenvalue weighted by atomic mass is 9.96. The van der Waals surface area contributed by atoms with Crippen molar-refractivity contribution < 1.29 is 23.1 Å². The monoisotopic (exact) mass is 469 g/mol. The van der Waals surface area contributed by atoms with Gasteiger partial charge in [0.25, 0.3) is 5.91 Å². The SMILES string of the molecule is CCC(O)(c1cn(Cc2ccc3c(-c4cccc(C)c4)cc(C(N)=O)nc3c2)nn1)C(F)(F)F. The highest BCUT2D eigenvalue weighted by atomic mass is 19.4. The summed E-state index contributed by atoms with van der Waals surface area (Å²) in [6.07, 6.45) is -4.40. The van der Waals surface area contributed by atoms with E-state index in [1.54, 1.807) is 18.2 Å². The van der Waals surface area contributed by atoms with Crippen molar-refractivity contribution in [2.75, 3.05) is 0 Å². The lowest BCUT2D eigenvalue weighted by Crippen LogP contribution is -2.42. The number of nitrogens with two attached hydrogens (primary N) is 1. The molecule has 0 fully saturated rings. The fraction of sp³-hybridized carbons (Fsp3) is 0.250. The summed E-state index contributed by atoms with van der Waals surface area (Å²) in [6, 6.07) is 14.8. The zero-order valence-electron chi connectivity index (χ0n) is 18.5. The number of amides is 1. The van der Waals surface area contributed by atoms with Gasteiger partial charge in [-0.25, -0.2) is 9.67 Å². The maximum absolute atomic E-state index is 13.3. The summed E-state index contributed by atoms with van der Waals surface area (Å²) < 4.78 is 41.2. The number of aryl methyl sites for hydroxylation is 1. The molecule has 4 aromatic rings. The average Bonchev–Trinajstić information content (AvgIpc) is 3.25. The topological polar surface area (TPSA) is 107 Å². The molecule has 34 heavy (non-hydrogen) atoms. The van der Waals surface area contributed by atoms with Crippen molar-refractivity contribution in [2.45, 2.75) is 38.6 Å². The zero-order chi connectivity index (χ0) is 24.7. The predicted molar refractivity (Wildman–Crippen MR) is 120 cm³/mol. The lowest BCUT2D eigenvalue weighted by molar-refractivity contribution is -0.269. The van der Waals surface area contributed by atoms with Gasteiger partial charge in [-0.2, -0.15) is 13.2 Å². The van der Waals surface area contributed by atoms with Crippen LogP contribution in [-0.4, -0.2) is 37.2 Å². The molecule has 4 rings (SSSR count). The highest BCUT2D eigenvalue weighted by Crippen LogP contribution is 2.40. The summed E-state index contributed by atoms with van der Waals surface area (Å²) in [7, 11) is 0. The van der Waals surface area contributed by atoms with Crippen molar-refractivity contribution in [3.05, 3.63) is 77.2 Å². The number of nitrogens with zero attached hydrogens (tertiary/aromatic N) is 4. The van der Waals surface area contributed by atoms with Crippen LogP contribution in [0.4, 0.5) is 13.2 Å². The van der Waals surface area contributed by atoms with E-state index in [0.717, 1.165) is 28.3 Å². The molecule has 0 spiro atoms. The Kier molecular flexibility index (Phi) is 5.86. The molecule has 1 amide bonds. The molecular formula is C24H22F3N5O2. The Morgan fingerprint density at radius 2 is 1.91 bits per heavy atom. The molecule has 2 aromatic heterocycles. The normalized spacial score (nSPS) is 13.7. The van der Waals surface area contributed by atoms with Crippen molar-refractivity contribution in [1.82, 2.24) is 20.0 Å². The molecule has 1 unspecified atom stereocenters. The Labute approximate surface area is 193 Å². The Morgan fingerprint density at radius 1 is 1.15 bits per heavy atom. The smallest absolute Gasteiger partial charge is 0.375 e. The molecular weight excluding hydrogens is 447 g/mol. The summed E-state index contributed by atoms with van der Waals surface area (Å²) in [4.78, 5) is 16.3. The van der Waals surface area contributed by atoms with Crippen LogP contribution >= 0.6 is 0 Å². The van der Waals surface area contributed by atoms with Crippen LogP contribution in [-0.2, 0) is 12.1 Å². The van der Waals surface area contributed by atoms with Crippen LogP contribution in [0.25, 0.3) is 22.0 Å². The third kappa shape index (κ3) is 4.24. The fourth-order valence-electron chi connectivity index (χ4n) is 3.83. The van der Waals surface area contributed by atoms with Crippen LogP contribution in [0, 0.1) is 6.92 Å². The van der Waals surface area contributed by atoms with E-state index in [-0.39, 0.29) is 12.2 Å². The van der Waals surface area contributed by atoms with Gasteiger partial charge in [0, 0.05) is 5.39 Å². The summed E-state index contributed by atoms with van der Waals surface area (Å²) in [6.45, 7) is 3.28. The highest BCUT2D eigenvalue weighted by Gasteiger charge is 2.55. The van der Waals surface area contributed by atoms with E-state index in [2.05, 4.69) is 15.3 Å². The number of primary amides is 1. The largest absolute Gasteiger partial charge is 0.423 e. The Bertz CT molecular complexity index is 1380. The molecule has 7 nitrogen and oxygen atoms in total. The van der Waals surface area contributed by atoms with Crippen LogP contribution in [0.15, 0.2) is 54.7 Å². The summed E-state index contributed by atoms with van der Waals surface area (Å²) in [5, 5.41) is 18.2. The van der Waals surface area contributed by atoms with Gasteiger partial charge in [0.05, 0.1) is 18.3 Å². The second-order valence-electron chi connectivity index (χ2n) is 8.15. The summed E-state index contributed by atoms with van der Waals surface area (Å²) >= 11 is 0. The van der Waals surface area contributed by atoms with Gasteiger partial charge in [-0.1, -0.05) is 54.1 Å². The highest BCUT2D eigenvalue weighted by molar-refractivity contribution is 6.01. The first-order valence-electron chi connectivity index (χ1n) is 10.5. The van der Waals surface area contributed by atoms with Gasteiger partial charge in [-0.05, 0) is 42.2 Å². The number of aliphatic hydroxyl groups is 1. The molecule has 0 saturated heterocycles. The molecule has 2 aromatic carbocycles. The first-order valence-corrected chi connectivity index (χ1v) is 10.5. The Morgan fingerprint density at radius 3 is 2.56 bits per heavy atom. The van der Waals surface area contributed by atoms with E-state index in [9.17, 15) is 23.1 Å². The number of hydrogen-bond donors (Lipinski definition) is 2. The van der Waals surface area contributed by atoms with Gasteiger partial charge in [-0.15, -0.1) is 5.10 Å². The number of rotatable bonds is 6. The minimum absolute atomic E-state index is 0.0862. The average molecular weight is 469 g/mol. The minimum Gasteiger partial charge on any atom is -0.375 e. The van der Waals surface area contributed by atoms with E-state index < -0.39 is 29.8 Å². The summed E-state index contributed by atoms with van der Waals surface area (Å²) in [5.41, 5.74) is 5.86. The van der Waals surface area contributed by atoms with Gasteiger partial charge in [-0.3, -0.25) is 4.79 Å². The number of aromatic nitrogens is 4. The zero-order valence-corrected chi connectivity index (χ0v) is 18.5. The fourth-order valence-corrected chi connectivity index (χ4v) is 3.83. The van der Waals surface area contributed by atoms with Crippen molar-refractivity contribution in [3.8, 4) is 11.1 Å². The Balaban J connectivity index is 1.74. The molecule has 1 atom stereocenters. The van der Waals surface area contributed by atoms with Crippen LogP contribution in [0.5, 0.6) is 0 Å². The van der Waals surface area contributed by atoms with Crippen LogP contribution in [0.1, 0.15) is 40.7 Å². The van der Waals surface area contributed by atoms with Gasteiger partial charge in [0.1, 0.15) is 11.4 Å². The third-order valence-corrected chi connectivity index (χ3v) is 5.74. The summed E-state index contributed by atoms with van der Waals surface area (Å²) in [5.74, 6) is -0.673. The number of pyridine rings is 1. The standard InChI is InChI=1S/C24H22F3N5O2/c1-3-23(34,24(25,26)27)21-13-32(31-30-21)12-15-7-8-17-18(16-6-4-5-14(2)9-16)11-20(22(28)33)29-19(17)10-15/h4-11,13,34H,3,12H2,1-2H3,(H2,28,33). The molecule has 0 saturated carbocycles. The molecule has 0 radical (unpaired) electrons. The van der Waals surface area contributed by atoms with E-state index in [0.29, 0.717) is 11.1 Å².